The second-order valence-electron chi connectivity index (χ2n) is 8.81. The Balaban J connectivity index is 1.36. The zero-order chi connectivity index (χ0) is 18.5. The van der Waals surface area contributed by atoms with Gasteiger partial charge in [0.15, 0.2) is 0 Å². The van der Waals surface area contributed by atoms with Crippen LogP contribution in [0.25, 0.3) is 0 Å². The SMILES string of the molecule is CCC(=O)C1CCC(CCN2CCC(n3cc(C(C)C)cn3)CC2)CC1. The highest BCUT2D eigenvalue weighted by atomic mass is 16.1. The van der Waals surface area contributed by atoms with Gasteiger partial charge in [0.1, 0.15) is 5.78 Å². The van der Waals surface area contributed by atoms with Gasteiger partial charge in [-0.3, -0.25) is 9.48 Å². The highest BCUT2D eigenvalue weighted by Crippen LogP contribution is 2.32. The Labute approximate surface area is 159 Å². The topological polar surface area (TPSA) is 38.1 Å². The predicted octanol–water partition coefficient (Wildman–Crippen LogP) is 4.82. The van der Waals surface area contributed by atoms with Crippen molar-refractivity contribution in [3.8, 4) is 0 Å². The summed E-state index contributed by atoms with van der Waals surface area (Å²) in [6.07, 6.45) is 13.6. The van der Waals surface area contributed by atoms with E-state index >= 15 is 0 Å². The average Bonchev–Trinajstić information content (AvgIpc) is 3.17. The Hall–Kier alpha value is -1.16. The first kappa shape index (κ1) is 19.6. The summed E-state index contributed by atoms with van der Waals surface area (Å²) in [5, 5.41) is 4.60. The van der Waals surface area contributed by atoms with Crippen molar-refractivity contribution in [3.05, 3.63) is 18.0 Å². The van der Waals surface area contributed by atoms with E-state index in [-0.39, 0.29) is 0 Å². The zero-order valence-electron chi connectivity index (χ0n) is 17.0. The summed E-state index contributed by atoms with van der Waals surface area (Å²) < 4.78 is 2.21. The van der Waals surface area contributed by atoms with Gasteiger partial charge in [-0.05, 0) is 68.9 Å². The van der Waals surface area contributed by atoms with Gasteiger partial charge in [-0.15, -0.1) is 0 Å². The lowest BCUT2D eigenvalue weighted by Gasteiger charge is -2.34. The molecule has 0 bridgehead atoms. The maximum Gasteiger partial charge on any atom is 0.135 e. The second kappa shape index (κ2) is 9.16. The fourth-order valence-electron chi connectivity index (χ4n) is 4.68. The van der Waals surface area contributed by atoms with Gasteiger partial charge in [0.2, 0.25) is 0 Å². The molecular weight excluding hydrogens is 322 g/mol. The molecule has 146 valence electrons. The molecule has 0 N–H and O–H groups in total. The Morgan fingerprint density at radius 3 is 2.42 bits per heavy atom. The van der Waals surface area contributed by atoms with Crippen LogP contribution in [-0.2, 0) is 4.79 Å². The molecule has 1 aliphatic carbocycles. The van der Waals surface area contributed by atoms with E-state index in [1.165, 1.54) is 57.3 Å². The predicted molar refractivity (Wildman–Crippen MR) is 106 cm³/mol. The van der Waals surface area contributed by atoms with Gasteiger partial charge in [-0.25, -0.2) is 0 Å². The smallest absolute Gasteiger partial charge is 0.135 e. The minimum Gasteiger partial charge on any atom is -0.303 e. The van der Waals surface area contributed by atoms with Crippen LogP contribution in [0.2, 0.25) is 0 Å². The van der Waals surface area contributed by atoms with Gasteiger partial charge in [0.05, 0.1) is 12.2 Å². The summed E-state index contributed by atoms with van der Waals surface area (Å²) in [5.41, 5.74) is 1.35. The minimum atomic E-state index is 0.372. The number of piperidine rings is 1. The fourth-order valence-corrected chi connectivity index (χ4v) is 4.68. The van der Waals surface area contributed by atoms with Crippen LogP contribution < -0.4 is 0 Å². The minimum absolute atomic E-state index is 0.372. The van der Waals surface area contributed by atoms with Crippen molar-refractivity contribution in [1.82, 2.24) is 14.7 Å². The number of aromatic nitrogens is 2. The van der Waals surface area contributed by atoms with E-state index < -0.39 is 0 Å². The molecule has 0 aromatic carbocycles. The number of rotatable bonds is 7. The Morgan fingerprint density at radius 2 is 1.85 bits per heavy atom. The molecule has 1 aromatic rings. The number of ketones is 1. The van der Waals surface area contributed by atoms with Crippen LogP contribution in [0, 0.1) is 11.8 Å². The van der Waals surface area contributed by atoms with Gasteiger partial charge in [0.25, 0.3) is 0 Å². The lowest BCUT2D eigenvalue weighted by Crippen LogP contribution is -2.36. The van der Waals surface area contributed by atoms with Gasteiger partial charge >= 0.3 is 0 Å². The van der Waals surface area contributed by atoms with Gasteiger partial charge in [-0.1, -0.05) is 20.8 Å². The second-order valence-corrected chi connectivity index (χ2v) is 8.81. The van der Waals surface area contributed by atoms with Crippen LogP contribution in [0.5, 0.6) is 0 Å². The third kappa shape index (κ3) is 4.97. The molecule has 1 aliphatic heterocycles. The van der Waals surface area contributed by atoms with E-state index in [4.69, 9.17) is 0 Å². The summed E-state index contributed by atoms with van der Waals surface area (Å²) in [5.74, 6) is 2.27. The summed E-state index contributed by atoms with van der Waals surface area (Å²) in [7, 11) is 0. The maximum atomic E-state index is 11.8. The number of carbonyl (C=O) groups is 1. The lowest BCUT2D eigenvalue weighted by atomic mass is 9.78. The number of hydrogen-bond donors (Lipinski definition) is 0. The van der Waals surface area contributed by atoms with Crippen molar-refractivity contribution in [2.75, 3.05) is 19.6 Å². The van der Waals surface area contributed by atoms with Crippen LogP contribution in [-0.4, -0.2) is 40.1 Å². The summed E-state index contributed by atoms with van der Waals surface area (Å²) >= 11 is 0. The molecule has 1 aromatic heterocycles. The van der Waals surface area contributed by atoms with Crippen molar-refractivity contribution < 1.29 is 4.79 Å². The van der Waals surface area contributed by atoms with Crippen LogP contribution >= 0.6 is 0 Å². The lowest BCUT2D eigenvalue weighted by molar-refractivity contribution is -0.123. The van der Waals surface area contributed by atoms with Gasteiger partial charge in [0, 0.05) is 31.6 Å². The monoisotopic (exact) mass is 359 g/mol. The maximum absolute atomic E-state index is 11.8. The molecule has 2 heterocycles. The van der Waals surface area contributed by atoms with E-state index in [0.717, 1.165) is 25.2 Å². The largest absolute Gasteiger partial charge is 0.303 e. The molecule has 0 amide bonds. The number of nitrogens with zero attached hydrogens (tertiary/aromatic N) is 3. The van der Waals surface area contributed by atoms with Crippen LogP contribution in [0.15, 0.2) is 12.4 Å². The first-order valence-corrected chi connectivity index (χ1v) is 10.9. The summed E-state index contributed by atoms with van der Waals surface area (Å²) in [6.45, 7) is 10.1. The molecule has 0 atom stereocenters. The molecule has 2 aliphatic rings. The number of likely N-dealkylation sites (tertiary alicyclic amines) is 1. The van der Waals surface area contributed by atoms with Gasteiger partial charge in [-0.2, -0.15) is 5.10 Å². The van der Waals surface area contributed by atoms with E-state index in [1.807, 2.05) is 13.1 Å². The van der Waals surface area contributed by atoms with Crippen molar-refractivity contribution in [1.29, 1.82) is 0 Å². The molecule has 26 heavy (non-hydrogen) atoms. The molecule has 0 radical (unpaired) electrons. The van der Waals surface area contributed by atoms with Gasteiger partial charge < -0.3 is 4.90 Å². The van der Waals surface area contributed by atoms with E-state index in [1.54, 1.807) is 0 Å². The molecule has 4 heteroatoms. The summed E-state index contributed by atoms with van der Waals surface area (Å²) in [6, 6.07) is 0.578. The third-order valence-corrected chi connectivity index (χ3v) is 6.72. The normalized spacial score (nSPS) is 25.7. The summed E-state index contributed by atoms with van der Waals surface area (Å²) in [4.78, 5) is 14.5. The van der Waals surface area contributed by atoms with Crippen molar-refractivity contribution >= 4 is 5.78 Å². The number of Topliss-reactive ketones (excluding diaryl/α,β-unsaturated/α-hetero) is 1. The average molecular weight is 360 g/mol. The molecule has 2 fully saturated rings. The third-order valence-electron chi connectivity index (χ3n) is 6.72. The molecule has 0 unspecified atom stereocenters. The first-order chi connectivity index (χ1) is 12.6. The molecular formula is C22H37N3O. The van der Waals surface area contributed by atoms with Crippen LogP contribution in [0.4, 0.5) is 0 Å². The quantitative estimate of drug-likeness (QED) is 0.700. The highest BCUT2D eigenvalue weighted by molar-refractivity contribution is 5.80. The van der Waals surface area contributed by atoms with Crippen molar-refractivity contribution in [2.45, 2.75) is 84.1 Å². The Kier molecular flexibility index (Phi) is 6.91. The number of carbonyl (C=O) groups excluding carboxylic acids is 1. The Bertz CT molecular complexity index is 564. The van der Waals surface area contributed by atoms with Crippen molar-refractivity contribution in [2.24, 2.45) is 11.8 Å². The fraction of sp³-hybridized carbons (Fsp3) is 0.818. The molecule has 4 nitrogen and oxygen atoms in total. The standard InChI is InChI=1S/C22H37N3O/c1-4-22(26)19-7-5-18(6-8-19)9-12-24-13-10-21(11-14-24)25-16-20(15-23-25)17(2)3/h15-19,21H,4-14H2,1-3H3. The van der Waals surface area contributed by atoms with E-state index in [0.29, 0.717) is 23.7 Å². The first-order valence-electron chi connectivity index (χ1n) is 10.9. The molecule has 1 saturated heterocycles. The number of hydrogen-bond acceptors (Lipinski definition) is 3. The highest BCUT2D eigenvalue weighted by Gasteiger charge is 2.26. The van der Waals surface area contributed by atoms with Crippen LogP contribution in [0.1, 0.15) is 89.7 Å². The molecule has 0 spiro atoms. The van der Waals surface area contributed by atoms with Crippen molar-refractivity contribution in [3.63, 3.8) is 0 Å². The van der Waals surface area contributed by atoms with E-state index in [9.17, 15) is 4.79 Å². The van der Waals surface area contributed by atoms with E-state index in [2.05, 4.69) is 34.7 Å². The molecule has 1 saturated carbocycles. The molecule has 3 rings (SSSR count). The van der Waals surface area contributed by atoms with Crippen LogP contribution in [0.3, 0.4) is 0 Å². The Morgan fingerprint density at radius 1 is 1.15 bits per heavy atom. The zero-order valence-corrected chi connectivity index (χ0v) is 17.0.